The fourth-order valence-corrected chi connectivity index (χ4v) is 2.83. The van der Waals surface area contributed by atoms with Crippen molar-refractivity contribution >= 4 is 5.91 Å². The number of rotatable bonds is 2. The molecule has 14 heavy (non-hydrogen) atoms. The summed E-state index contributed by atoms with van der Waals surface area (Å²) in [6.45, 7) is 2.54. The lowest BCUT2D eigenvalue weighted by molar-refractivity contribution is -0.123. The van der Waals surface area contributed by atoms with Crippen LogP contribution < -0.4 is 5.73 Å². The highest BCUT2D eigenvalue weighted by Crippen LogP contribution is 2.29. The molecule has 0 spiro atoms. The molecular formula is C11H20N2O. The minimum atomic E-state index is -0.0927. The van der Waals surface area contributed by atoms with Crippen LogP contribution in [0.2, 0.25) is 0 Å². The molecule has 1 amide bonds. The van der Waals surface area contributed by atoms with Gasteiger partial charge < -0.3 is 10.6 Å². The highest BCUT2D eigenvalue weighted by molar-refractivity contribution is 5.76. The number of hydrogen-bond acceptors (Lipinski definition) is 2. The van der Waals surface area contributed by atoms with Gasteiger partial charge in [0.2, 0.25) is 5.91 Å². The Morgan fingerprint density at radius 3 is 2.14 bits per heavy atom. The minimum Gasteiger partial charge on any atom is -0.369 e. The zero-order chi connectivity index (χ0) is 9.97. The van der Waals surface area contributed by atoms with Crippen LogP contribution in [0, 0.1) is 5.92 Å². The Labute approximate surface area is 85.6 Å². The SMILES string of the molecule is NC(=O)C1CCC(N2CCCC2)CC1. The Balaban J connectivity index is 1.80. The van der Waals surface area contributed by atoms with Gasteiger partial charge in [0, 0.05) is 12.0 Å². The highest BCUT2D eigenvalue weighted by atomic mass is 16.1. The standard InChI is InChI=1S/C11H20N2O/c12-11(14)9-3-5-10(6-4-9)13-7-1-2-8-13/h9-10H,1-8H2,(H2,12,14). The van der Waals surface area contributed by atoms with E-state index in [1.54, 1.807) is 0 Å². The molecule has 0 radical (unpaired) electrons. The van der Waals surface area contributed by atoms with Crippen molar-refractivity contribution in [1.82, 2.24) is 4.90 Å². The summed E-state index contributed by atoms with van der Waals surface area (Å²) in [5, 5.41) is 0. The van der Waals surface area contributed by atoms with E-state index in [0.717, 1.165) is 18.9 Å². The van der Waals surface area contributed by atoms with E-state index in [4.69, 9.17) is 5.73 Å². The average molecular weight is 196 g/mol. The van der Waals surface area contributed by atoms with Crippen molar-refractivity contribution in [3.05, 3.63) is 0 Å². The fraction of sp³-hybridized carbons (Fsp3) is 0.909. The second kappa shape index (κ2) is 4.30. The minimum absolute atomic E-state index is 0.0927. The summed E-state index contributed by atoms with van der Waals surface area (Å²) in [6, 6.07) is 0.744. The van der Waals surface area contributed by atoms with Crippen LogP contribution in [-0.4, -0.2) is 29.9 Å². The summed E-state index contributed by atoms with van der Waals surface area (Å²) in [5.41, 5.74) is 5.31. The van der Waals surface area contributed by atoms with Crippen LogP contribution in [-0.2, 0) is 4.79 Å². The second-order valence-electron chi connectivity index (χ2n) is 4.65. The van der Waals surface area contributed by atoms with Gasteiger partial charge in [0.1, 0.15) is 0 Å². The molecule has 3 nitrogen and oxygen atoms in total. The van der Waals surface area contributed by atoms with Gasteiger partial charge in [-0.2, -0.15) is 0 Å². The van der Waals surface area contributed by atoms with E-state index in [0.29, 0.717) is 0 Å². The zero-order valence-corrected chi connectivity index (χ0v) is 8.74. The van der Waals surface area contributed by atoms with Gasteiger partial charge in [0.15, 0.2) is 0 Å². The van der Waals surface area contributed by atoms with E-state index in [-0.39, 0.29) is 11.8 Å². The van der Waals surface area contributed by atoms with E-state index >= 15 is 0 Å². The third-order valence-corrected chi connectivity index (χ3v) is 3.76. The number of carbonyl (C=O) groups excluding carboxylic acids is 1. The van der Waals surface area contributed by atoms with E-state index in [1.165, 1.54) is 38.8 Å². The summed E-state index contributed by atoms with van der Waals surface area (Å²) in [5.74, 6) is 0.0683. The first kappa shape index (κ1) is 9.97. The fourth-order valence-electron chi connectivity index (χ4n) is 2.83. The molecule has 1 aliphatic heterocycles. The molecule has 1 heterocycles. The van der Waals surface area contributed by atoms with Gasteiger partial charge in [0.25, 0.3) is 0 Å². The second-order valence-corrected chi connectivity index (χ2v) is 4.65. The maximum atomic E-state index is 11.0. The quantitative estimate of drug-likeness (QED) is 0.719. The molecule has 0 aromatic rings. The van der Waals surface area contributed by atoms with Crippen LogP contribution in [0.4, 0.5) is 0 Å². The Bertz CT molecular complexity index is 203. The normalized spacial score (nSPS) is 34.6. The summed E-state index contributed by atoms with van der Waals surface area (Å²) in [6.07, 6.45) is 7.08. The molecule has 0 aromatic carbocycles. The third-order valence-electron chi connectivity index (χ3n) is 3.76. The molecule has 1 aliphatic carbocycles. The summed E-state index contributed by atoms with van der Waals surface area (Å²) in [4.78, 5) is 13.6. The molecule has 2 N–H and O–H groups in total. The van der Waals surface area contributed by atoms with E-state index in [2.05, 4.69) is 4.90 Å². The number of nitrogens with two attached hydrogens (primary N) is 1. The summed E-state index contributed by atoms with van der Waals surface area (Å²) < 4.78 is 0. The van der Waals surface area contributed by atoms with Gasteiger partial charge in [-0.05, 0) is 51.6 Å². The largest absolute Gasteiger partial charge is 0.369 e. The van der Waals surface area contributed by atoms with Crippen molar-refractivity contribution in [2.45, 2.75) is 44.6 Å². The smallest absolute Gasteiger partial charge is 0.220 e. The van der Waals surface area contributed by atoms with Gasteiger partial charge in [-0.15, -0.1) is 0 Å². The van der Waals surface area contributed by atoms with Crippen LogP contribution in [0.25, 0.3) is 0 Å². The Hall–Kier alpha value is -0.570. The van der Waals surface area contributed by atoms with Crippen molar-refractivity contribution in [3.8, 4) is 0 Å². The Morgan fingerprint density at radius 2 is 1.64 bits per heavy atom. The molecule has 2 rings (SSSR count). The van der Waals surface area contributed by atoms with Crippen LogP contribution in [0.3, 0.4) is 0 Å². The number of hydrogen-bond donors (Lipinski definition) is 1. The van der Waals surface area contributed by atoms with Gasteiger partial charge in [0.05, 0.1) is 0 Å². The van der Waals surface area contributed by atoms with Gasteiger partial charge >= 0.3 is 0 Å². The van der Waals surface area contributed by atoms with Gasteiger partial charge in [-0.1, -0.05) is 0 Å². The van der Waals surface area contributed by atoms with Crippen LogP contribution in [0.5, 0.6) is 0 Å². The van der Waals surface area contributed by atoms with Crippen LogP contribution in [0.15, 0.2) is 0 Å². The van der Waals surface area contributed by atoms with Gasteiger partial charge in [-0.3, -0.25) is 4.79 Å². The summed E-state index contributed by atoms with van der Waals surface area (Å²) >= 11 is 0. The Morgan fingerprint density at radius 1 is 1.07 bits per heavy atom. The monoisotopic (exact) mass is 196 g/mol. The molecule has 1 saturated carbocycles. The van der Waals surface area contributed by atoms with Crippen LogP contribution in [0.1, 0.15) is 38.5 Å². The number of likely N-dealkylation sites (tertiary alicyclic amines) is 1. The maximum Gasteiger partial charge on any atom is 0.220 e. The zero-order valence-electron chi connectivity index (χ0n) is 8.74. The predicted molar refractivity (Wildman–Crippen MR) is 55.7 cm³/mol. The number of primary amides is 1. The molecule has 3 heteroatoms. The molecule has 1 saturated heterocycles. The first-order valence-electron chi connectivity index (χ1n) is 5.81. The highest BCUT2D eigenvalue weighted by Gasteiger charge is 2.29. The van der Waals surface area contributed by atoms with Crippen molar-refractivity contribution in [3.63, 3.8) is 0 Å². The molecule has 0 aromatic heterocycles. The van der Waals surface area contributed by atoms with Crippen LogP contribution >= 0.6 is 0 Å². The van der Waals surface area contributed by atoms with Gasteiger partial charge in [-0.25, -0.2) is 0 Å². The summed E-state index contributed by atoms with van der Waals surface area (Å²) in [7, 11) is 0. The first-order valence-corrected chi connectivity index (χ1v) is 5.81. The van der Waals surface area contributed by atoms with E-state index < -0.39 is 0 Å². The number of carbonyl (C=O) groups is 1. The molecule has 0 unspecified atom stereocenters. The molecule has 80 valence electrons. The third kappa shape index (κ3) is 2.08. The van der Waals surface area contributed by atoms with Crippen molar-refractivity contribution in [2.75, 3.05) is 13.1 Å². The lowest BCUT2D eigenvalue weighted by Crippen LogP contribution is -2.38. The van der Waals surface area contributed by atoms with Crippen molar-refractivity contribution < 1.29 is 4.79 Å². The Kier molecular flexibility index (Phi) is 3.06. The number of amides is 1. The lowest BCUT2D eigenvalue weighted by Gasteiger charge is -2.33. The first-order chi connectivity index (χ1) is 6.77. The molecule has 2 aliphatic rings. The molecule has 2 fully saturated rings. The predicted octanol–water partition coefficient (Wildman–Crippen LogP) is 1.13. The van der Waals surface area contributed by atoms with Crippen molar-refractivity contribution in [1.29, 1.82) is 0 Å². The van der Waals surface area contributed by atoms with E-state index in [9.17, 15) is 4.79 Å². The average Bonchev–Trinajstić information content (AvgIpc) is 2.71. The topological polar surface area (TPSA) is 46.3 Å². The number of nitrogens with zero attached hydrogens (tertiary/aromatic N) is 1. The lowest BCUT2D eigenvalue weighted by atomic mass is 9.85. The van der Waals surface area contributed by atoms with E-state index in [1.807, 2.05) is 0 Å². The van der Waals surface area contributed by atoms with Crippen molar-refractivity contribution in [2.24, 2.45) is 11.7 Å². The molecular weight excluding hydrogens is 176 g/mol. The maximum absolute atomic E-state index is 11.0. The molecule has 0 atom stereocenters. The molecule has 0 bridgehead atoms.